The fourth-order valence-corrected chi connectivity index (χ4v) is 4.09. The Balaban J connectivity index is 2.99. The van der Waals surface area contributed by atoms with E-state index in [4.69, 9.17) is 9.26 Å². The first-order valence-corrected chi connectivity index (χ1v) is 12.6. The Morgan fingerprint density at radius 1 is 1.18 bits per heavy atom. The normalized spacial score (nSPS) is 15.1. The molecule has 0 aromatic heterocycles. The van der Waals surface area contributed by atoms with Gasteiger partial charge >= 0.3 is 13.8 Å². The molecular weight excluding hydrogens is 463 g/mol. The summed E-state index contributed by atoms with van der Waals surface area (Å²) < 4.78 is 26.1. The summed E-state index contributed by atoms with van der Waals surface area (Å²) >= 11 is 0. The second kappa shape index (κ2) is 12.4. The molecule has 192 valence electrons. The number of phosphoric ester groups is 1. The van der Waals surface area contributed by atoms with E-state index in [9.17, 15) is 23.8 Å². The molecule has 34 heavy (non-hydrogen) atoms. The summed E-state index contributed by atoms with van der Waals surface area (Å²) in [6, 6.07) is 2.69. The lowest BCUT2D eigenvalue weighted by atomic mass is 9.78. The molecule has 0 aliphatic carbocycles. The van der Waals surface area contributed by atoms with Crippen LogP contribution in [0.1, 0.15) is 57.7 Å². The summed E-state index contributed by atoms with van der Waals surface area (Å²) in [4.78, 5) is 46.7. The molecule has 1 aromatic carbocycles. The van der Waals surface area contributed by atoms with E-state index >= 15 is 0 Å². The minimum atomic E-state index is -4.21. The largest absolute Gasteiger partial charge is 0.471 e. The van der Waals surface area contributed by atoms with Crippen molar-refractivity contribution >= 4 is 25.6 Å². The van der Waals surface area contributed by atoms with Crippen LogP contribution in [0.2, 0.25) is 0 Å². The number of ether oxygens (including phenoxy) is 1. The van der Waals surface area contributed by atoms with Crippen molar-refractivity contribution in [2.24, 2.45) is 5.92 Å². The highest BCUT2D eigenvalue weighted by Gasteiger charge is 2.31. The molecule has 1 rings (SSSR count). The highest BCUT2D eigenvalue weighted by molar-refractivity contribution is 7.47. The van der Waals surface area contributed by atoms with Gasteiger partial charge in [-0.25, -0.2) is 9.36 Å². The Bertz CT molecular complexity index is 947. The highest BCUT2D eigenvalue weighted by atomic mass is 31.2. The molecule has 0 heterocycles. The van der Waals surface area contributed by atoms with Gasteiger partial charge in [-0.05, 0) is 44.9 Å². The van der Waals surface area contributed by atoms with Crippen molar-refractivity contribution in [3.05, 3.63) is 28.8 Å². The zero-order chi connectivity index (χ0) is 26.3. The summed E-state index contributed by atoms with van der Waals surface area (Å²) in [7, 11) is -3.20. The number of hydrogen-bond acceptors (Lipinski definition) is 7. The van der Waals surface area contributed by atoms with E-state index in [-0.39, 0.29) is 18.9 Å². The van der Waals surface area contributed by atoms with Gasteiger partial charge in [0.05, 0.1) is 12.5 Å². The number of rotatable bonds is 12. The topological polar surface area (TPSA) is 140 Å². The third-order valence-corrected chi connectivity index (χ3v) is 6.12. The second-order valence-electron chi connectivity index (χ2n) is 8.97. The molecule has 3 atom stereocenters. The molecule has 0 fully saturated rings. The third-order valence-electron chi connectivity index (χ3n) is 5.19. The van der Waals surface area contributed by atoms with Crippen LogP contribution in [0.5, 0.6) is 5.75 Å². The molecule has 0 aliphatic heterocycles. The van der Waals surface area contributed by atoms with Crippen molar-refractivity contribution < 1.29 is 37.6 Å². The van der Waals surface area contributed by atoms with Gasteiger partial charge in [0.15, 0.2) is 0 Å². The number of esters is 1. The standard InChI is InChI=1S/C23H37N2O8P/c1-9-24-19(26)12-23(6,7)20-15(3)10-14(2)11-18(20)33-22(28)17(5)25-21(27)16(4)13-32-34(29,30)31-8/h10-11,16-17H,9,12-13H2,1-8H3,(H,24,26)(H,25,27)(H,29,30)/t16-,17-/m1/s1. The Hall–Kier alpha value is -2.26. The molecule has 0 bridgehead atoms. The summed E-state index contributed by atoms with van der Waals surface area (Å²) in [5.74, 6) is -1.85. The van der Waals surface area contributed by atoms with Crippen LogP contribution in [0, 0.1) is 19.8 Å². The van der Waals surface area contributed by atoms with Crippen LogP contribution >= 0.6 is 7.82 Å². The fourth-order valence-electron chi connectivity index (χ4n) is 3.57. The lowest BCUT2D eigenvalue weighted by Gasteiger charge is -2.29. The van der Waals surface area contributed by atoms with Gasteiger partial charge in [-0.2, -0.15) is 0 Å². The van der Waals surface area contributed by atoms with Gasteiger partial charge in [-0.15, -0.1) is 0 Å². The minimum absolute atomic E-state index is 0.109. The van der Waals surface area contributed by atoms with Gasteiger partial charge < -0.3 is 20.3 Å². The van der Waals surface area contributed by atoms with Crippen LogP contribution in [0.15, 0.2) is 12.1 Å². The van der Waals surface area contributed by atoms with Crippen molar-refractivity contribution in [2.75, 3.05) is 20.3 Å². The molecule has 0 spiro atoms. The van der Waals surface area contributed by atoms with Gasteiger partial charge in [0, 0.05) is 31.1 Å². The van der Waals surface area contributed by atoms with Gasteiger partial charge in [-0.1, -0.05) is 26.8 Å². The number of nitrogens with one attached hydrogen (secondary N) is 2. The van der Waals surface area contributed by atoms with Crippen LogP contribution in [0.25, 0.3) is 0 Å². The third kappa shape index (κ3) is 8.83. The Kier molecular flexibility index (Phi) is 10.9. The van der Waals surface area contributed by atoms with Crippen molar-refractivity contribution in [1.29, 1.82) is 0 Å². The van der Waals surface area contributed by atoms with E-state index in [1.165, 1.54) is 13.8 Å². The van der Waals surface area contributed by atoms with E-state index < -0.39 is 37.1 Å². The number of aryl methyl sites for hydroxylation is 2. The monoisotopic (exact) mass is 500 g/mol. The molecule has 3 N–H and O–H groups in total. The first-order chi connectivity index (χ1) is 15.6. The number of hydrogen-bond donors (Lipinski definition) is 3. The maximum Gasteiger partial charge on any atom is 0.471 e. The lowest BCUT2D eigenvalue weighted by molar-refractivity contribution is -0.139. The first kappa shape index (κ1) is 29.8. The first-order valence-electron chi connectivity index (χ1n) is 11.1. The van der Waals surface area contributed by atoms with Crippen molar-refractivity contribution in [3.8, 4) is 5.75 Å². The van der Waals surface area contributed by atoms with Crippen LogP contribution < -0.4 is 15.4 Å². The van der Waals surface area contributed by atoms with E-state index in [0.29, 0.717) is 12.3 Å². The average molecular weight is 501 g/mol. The maximum absolute atomic E-state index is 12.8. The van der Waals surface area contributed by atoms with Gasteiger partial charge in [0.1, 0.15) is 11.8 Å². The zero-order valence-corrected chi connectivity index (χ0v) is 22.1. The van der Waals surface area contributed by atoms with E-state index in [2.05, 4.69) is 15.2 Å². The van der Waals surface area contributed by atoms with Gasteiger partial charge in [0.25, 0.3) is 0 Å². The minimum Gasteiger partial charge on any atom is -0.425 e. The molecule has 0 aliphatic rings. The van der Waals surface area contributed by atoms with Gasteiger partial charge in [-0.3, -0.25) is 18.6 Å². The molecule has 0 radical (unpaired) electrons. The Morgan fingerprint density at radius 2 is 1.79 bits per heavy atom. The number of benzene rings is 1. The predicted octanol–water partition coefficient (Wildman–Crippen LogP) is 2.92. The highest BCUT2D eigenvalue weighted by Crippen LogP contribution is 2.42. The maximum atomic E-state index is 12.8. The van der Waals surface area contributed by atoms with Crippen LogP contribution in [0.3, 0.4) is 0 Å². The lowest BCUT2D eigenvalue weighted by Crippen LogP contribution is -2.44. The van der Waals surface area contributed by atoms with Crippen LogP contribution in [-0.4, -0.2) is 49.0 Å². The predicted molar refractivity (Wildman–Crippen MR) is 127 cm³/mol. The summed E-state index contributed by atoms with van der Waals surface area (Å²) in [5.41, 5.74) is 1.87. The Labute approximate surface area is 201 Å². The second-order valence-corrected chi connectivity index (χ2v) is 10.5. The van der Waals surface area contributed by atoms with E-state index in [1.807, 2.05) is 40.7 Å². The van der Waals surface area contributed by atoms with Crippen LogP contribution in [-0.2, 0) is 33.4 Å². The molecule has 0 saturated heterocycles. The number of carbonyl (C=O) groups is 3. The molecule has 0 saturated carbocycles. The average Bonchev–Trinajstić information content (AvgIpc) is 2.70. The van der Waals surface area contributed by atoms with Gasteiger partial charge in [0.2, 0.25) is 11.8 Å². The molecule has 11 heteroatoms. The van der Waals surface area contributed by atoms with Crippen molar-refractivity contribution in [1.82, 2.24) is 10.6 Å². The summed E-state index contributed by atoms with van der Waals surface area (Å²) in [6.07, 6.45) is 0.204. The SMILES string of the molecule is CCNC(=O)CC(C)(C)c1c(C)cc(C)cc1OC(=O)[C@@H](C)NC(=O)[C@H](C)COP(=O)(O)OC. The summed E-state index contributed by atoms with van der Waals surface area (Å²) in [6.45, 7) is 12.5. The number of phosphoric acid groups is 1. The van der Waals surface area contributed by atoms with E-state index in [0.717, 1.165) is 23.8 Å². The molecule has 1 unspecified atom stereocenters. The molecule has 10 nitrogen and oxygen atoms in total. The number of carbonyl (C=O) groups excluding carboxylic acids is 3. The van der Waals surface area contributed by atoms with Crippen molar-refractivity contribution in [2.45, 2.75) is 66.3 Å². The summed E-state index contributed by atoms with van der Waals surface area (Å²) in [5, 5.41) is 5.31. The zero-order valence-electron chi connectivity index (χ0n) is 21.2. The fraction of sp³-hybridized carbons (Fsp3) is 0.609. The quantitative estimate of drug-likeness (QED) is 0.226. The molecule has 2 amide bonds. The molecular formula is C23H37N2O8P. The van der Waals surface area contributed by atoms with E-state index in [1.54, 1.807) is 6.07 Å². The van der Waals surface area contributed by atoms with Crippen molar-refractivity contribution in [3.63, 3.8) is 0 Å². The smallest absolute Gasteiger partial charge is 0.425 e. The Morgan fingerprint density at radius 3 is 2.35 bits per heavy atom. The van der Waals surface area contributed by atoms with Crippen LogP contribution in [0.4, 0.5) is 0 Å². The number of amides is 2. The molecule has 1 aromatic rings.